The van der Waals surface area contributed by atoms with Gasteiger partial charge in [0.2, 0.25) is 0 Å². The van der Waals surface area contributed by atoms with E-state index in [9.17, 15) is 0 Å². The molecule has 0 saturated heterocycles. The first-order chi connectivity index (χ1) is 55.3. The van der Waals surface area contributed by atoms with Crippen molar-refractivity contribution >= 4 is 130 Å². The lowest BCUT2D eigenvalue weighted by molar-refractivity contribution is 0.304. The molecule has 544 valence electrons. The fraction of sp³-hybridized carbons (Fsp3) is 0.160. The summed E-state index contributed by atoms with van der Waals surface area (Å²) in [6.45, 7) is 10.7. The number of rotatable bonds is 16. The summed E-state index contributed by atoms with van der Waals surface area (Å²) in [6.07, 6.45) is 4.79. The number of hydrogen-bond donors (Lipinski definition) is 4. The zero-order valence-corrected chi connectivity index (χ0v) is 63.0. The third kappa shape index (κ3) is 11.1. The molecule has 21 rings (SSSR count). The Morgan fingerprint density at radius 1 is 0.223 bits per heavy atom. The van der Waals surface area contributed by atoms with Crippen LogP contribution in [-0.4, -0.2) is 66.3 Å². The highest BCUT2D eigenvalue weighted by Crippen LogP contribution is 2.48. The van der Waals surface area contributed by atoms with Gasteiger partial charge in [0.05, 0.1) is 70.6 Å². The molecule has 0 aliphatic heterocycles. The van der Waals surface area contributed by atoms with Crippen molar-refractivity contribution in [2.24, 2.45) is 0 Å². The van der Waals surface area contributed by atoms with Crippen molar-refractivity contribution in [3.8, 4) is 68.5 Å². The second-order valence-corrected chi connectivity index (χ2v) is 30.2. The Hall–Kier alpha value is -13.3. The van der Waals surface area contributed by atoms with Gasteiger partial charge in [0, 0.05) is 91.0 Å². The van der Waals surface area contributed by atoms with E-state index in [1.54, 1.807) is 0 Å². The number of nitrogens with one attached hydrogen (secondary N) is 4. The largest absolute Gasteiger partial charge is 0.493 e. The Balaban J connectivity index is 0.871. The van der Waals surface area contributed by atoms with Crippen LogP contribution in [0.25, 0.3) is 176 Å². The van der Waals surface area contributed by atoms with Gasteiger partial charge < -0.3 is 38.9 Å². The molecule has 20 aromatic rings. The SMILES string of the molecule is CCCOc1c2cc(-c3nc4c5ccccc5c5ccccc5c4[nH]3)cc1Cc1cc(-c3nc4c5ccccc5c5ccccc5c4[nH]3)cc(c1OCCC)Cc1cc(-c3nc4c5ccccc5c5ccccc5c4[nH]3)cc(c1OCCC)Cc1cc(-c3nc4c5ccccc5c5ccccc5c4[nH]3)cc(c1OCCC)C2. The molecule has 0 spiro atoms. The van der Waals surface area contributed by atoms with Gasteiger partial charge in [0.25, 0.3) is 0 Å². The van der Waals surface area contributed by atoms with Crippen LogP contribution in [0.5, 0.6) is 23.0 Å². The molecule has 112 heavy (non-hydrogen) atoms. The van der Waals surface area contributed by atoms with Crippen LogP contribution in [0.1, 0.15) is 97.9 Å². The van der Waals surface area contributed by atoms with E-state index in [0.717, 1.165) is 248 Å². The van der Waals surface area contributed by atoms with Crippen molar-refractivity contribution in [2.45, 2.75) is 79.1 Å². The van der Waals surface area contributed by atoms with E-state index >= 15 is 0 Å². The monoisotopic (exact) mass is 1460 g/mol. The van der Waals surface area contributed by atoms with E-state index in [1.165, 1.54) is 21.5 Å². The van der Waals surface area contributed by atoms with Crippen LogP contribution in [0, 0.1) is 0 Å². The second kappa shape index (κ2) is 27.4. The predicted molar refractivity (Wildman–Crippen MR) is 461 cm³/mol. The van der Waals surface area contributed by atoms with Gasteiger partial charge in [-0.25, -0.2) is 19.9 Å². The summed E-state index contributed by atoms with van der Waals surface area (Å²) in [7, 11) is 0. The number of aromatic amines is 4. The fourth-order valence-electron chi connectivity index (χ4n) is 18.0. The summed E-state index contributed by atoms with van der Waals surface area (Å²) in [6, 6.07) is 87.9. The molecule has 0 amide bonds. The normalized spacial score (nSPS) is 12.6. The van der Waals surface area contributed by atoms with Gasteiger partial charge >= 0.3 is 0 Å². The van der Waals surface area contributed by atoms with E-state index in [4.69, 9.17) is 38.9 Å². The van der Waals surface area contributed by atoms with Gasteiger partial charge in [-0.1, -0.05) is 222 Å². The molecule has 4 N–H and O–H groups in total. The topological polar surface area (TPSA) is 152 Å². The maximum Gasteiger partial charge on any atom is 0.138 e. The lowest BCUT2D eigenvalue weighted by Gasteiger charge is -2.24. The van der Waals surface area contributed by atoms with E-state index in [2.05, 4.69) is 290 Å². The van der Waals surface area contributed by atoms with Crippen LogP contribution in [0.4, 0.5) is 0 Å². The summed E-state index contributed by atoms with van der Waals surface area (Å²) in [5.74, 6) is 6.27. The maximum absolute atomic E-state index is 7.42. The number of imidazole rings is 4. The molecule has 0 saturated carbocycles. The van der Waals surface area contributed by atoms with E-state index in [0.29, 0.717) is 52.1 Å². The second-order valence-electron chi connectivity index (χ2n) is 30.2. The Bertz CT molecular complexity index is 6000. The Labute approximate surface area is 646 Å². The van der Waals surface area contributed by atoms with Crippen molar-refractivity contribution in [1.29, 1.82) is 0 Å². The minimum atomic E-state index is 0.411. The number of H-pyrrole nitrogens is 4. The molecule has 1 aliphatic carbocycles. The molecule has 4 heterocycles. The van der Waals surface area contributed by atoms with Gasteiger partial charge in [-0.05, 0) is 162 Å². The smallest absolute Gasteiger partial charge is 0.138 e. The predicted octanol–water partition coefficient (Wildman–Crippen LogP) is 24.9. The van der Waals surface area contributed by atoms with Gasteiger partial charge in [-0.3, -0.25) is 0 Å². The number of nitrogens with zero attached hydrogens (tertiary/aromatic N) is 4. The zero-order chi connectivity index (χ0) is 74.7. The first-order valence-electron chi connectivity index (χ1n) is 39.7. The van der Waals surface area contributed by atoms with Crippen molar-refractivity contribution in [1.82, 2.24) is 39.9 Å². The molecule has 0 fully saturated rings. The highest BCUT2D eigenvalue weighted by Gasteiger charge is 2.29. The number of fused-ring (bicyclic) bond motifs is 32. The molecular weight excluding hydrogens is 1380 g/mol. The molecule has 8 bridgehead atoms. The molecular formula is C100H80N8O4. The molecule has 0 atom stereocenters. The third-order valence-electron chi connectivity index (χ3n) is 22.9. The van der Waals surface area contributed by atoms with Crippen molar-refractivity contribution in [2.75, 3.05) is 26.4 Å². The lowest BCUT2D eigenvalue weighted by Crippen LogP contribution is -2.11. The highest BCUT2D eigenvalue weighted by molar-refractivity contribution is 6.27. The first kappa shape index (κ1) is 66.8. The maximum atomic E-state index is 7.42. The summed E-state index contributed by atoms with van der Waals surface area (Å²) in [4.78, 5) is 38.7. The Morgan fingerprint density at radius 3 is 0.562 bits per heavy atom. The first-order valence-corrected chi connectivity index (χ1v) is 39.7. The molecule has 0 radical (unpaired) electrons. The summed E-state index contributed by atoms with van der Waals surface area (Å²) >= 11 is 0. The molecule has 12 heteroatoms. The molecule has 0 unspecified atom stereocenters. The minimum absolute atomic E-state index is 0.411. The zero-order valence-electron chi connectivity index (χ0n) is 63.0. The van der Waals surface area contributed by atoms with Gasteiger partial charge in [0.15, 0.2) is 0 Å². The molecule has 4 aromatic heterocycles. The minimum Gasteiger partial charge on any atom is -0.493 e. The average Bonchev–Trinajstić information content (AvgIpc) is 1.64. The van der Waals surface area contributed by atoms with Crippen molar-refractivity contribution in [3.05, 3.63) is 287 Å². The van der Waals surface area contributed by atoms with Gasteiger partial charge in [-0.2, -0.15) is 0 Å². The van der Waals surface area contributed by atoms with Crippen LogP contribution in [0.3, 0.4) is 0 Å². The van der Waals surface area contributed by atoms with Gasteiger partial charge in [-0.15, -0.1) is 0 Å². The average molecular weight is 1460 g/mol. The highest BCUT2D eigenvalue weighted by atomic mass is 16.5. The quantitative estimate of drug-likeness (QED) is 0.0698. The third-order valence-corrected chi connectivity index (χ3v) is 22.9. The number of benzene rings is 16. The Morgan fingerprint density at radius 2 is 0.384 bits per heavy atom. The van der Waals surface area contributed by atoms with Gasteiger partial charge in [0.1, 0.15) is 46.3 Å². The molecule has 16 aromatic carbocycles. The summed E-state index contributed by atoms with van der Waals surface area (Å²) in [5, 5.41) is 18.1. The van der Waals surface area contributed by atoms with E-state index < -0.39 is 0 Å². The number of aromatic nitrogens is 8. The number of ether oxygens (including phenoxy) is 4. The fourth-order valence-corrected chi connectivity index (χ4v) is 18.0. The molecule has 12 nitrogen and oxygen atoms in total. The Kier molecular flexibility index (Phi) is 16.3. The van der Waals surface area contributed by atoms with E-state index in [-0.39, 0.29) is 0 Å². The summed E-state index contributed by atoms with van der Waals surface area (Å²) < 4.78 is 29.7. The van der Waals surface area contributed by atoms with Crippen LogP contribution in [-0.2, 0) is 25.7 Å². The standard InChI is InChI=1S/C100H80N8O4/c1-5-41-109-93-57-45-59-51-66(98-103-87-79-35-19-11-27-71(79)72-28-12-20-36-80(72)88(87)104-98)53-61(94(59)110-42-6-2)47-63-55-68(100-107-91-83-39-23-15-31-75(83)76-32-16-24-40-84(76)92(91)108-100)56-64(96(63)112-44-8-4)48-62-54-67(99-105-89-81-37-21-13-29-73(81)74-30-14-22-38-82(74)90(89)106-99)52-60(95(62)111-43-7-3)46-58(93)50-65(49-57)97-101-85-77-33-17-9-25-69(77)70-26-10-18-34-78(70)86(85)102-97/h9-40,49-56H,5-8,41-48H2,1-4H3,(H,101,102)(H,103,104)(H,105,106)(H,107,108). The summed E-state index contributed by atoms with van der Waals surface area (Å²) in [5.41, 5.74) is 19.2. The van der Waals surface area contributed by atoms with Crippen molar-refractivity contribution < 1.29 is 18.9 Å². The van der Waals surface area contributed by atoms with Crippen molar-refractivity contribution in [3.63, 3.8) is 0 Å². The van der Waals surface area contributed by atoms with Crippen LogP contribution in [0.2, 0.25) is 0 Å². The van der Waals surface area contributed by atoms with Crippen LogP contribution in [0.15, 0.2) is 243 Å². The van der Waals surface area contributed by atoms with E-state index in [1.807, 2.05) is 0 Å². The lowest BCUT2D eigenvalue weighted by atomic mass is 9.88. The van der Waals surface area contributed by atoms with Crippen LogP contribution < -0.4 is 18.9 Å². The molecule has 1 aliphatic rings. The number of hydrogen-bond acceptors (Lipinski definition) is 8. The van der Waals surface area contributed by atoms with Crippen LogP contribution >= 0.6 is 0 Å².